The first-order chi connectivity index (χ1) is 13.7. The number of nitrogens with zero attached hydrogens (tertiary/aromatic N) is 2. The number of sulfonamides is 1. The molecule has 0 radical (unpaired) electrons. The molecule has 1 fully saturated rings. The highest BCUT2D eigenvalue weighted by Gasteiger charge is 2.37. The number of aromatic nitrogens is 2. The highest BCUT2D eigenvalue weighted by atomic mass is 32.2. The second kappa shape index (κ2) is 7.10. The number of hydrogen-bond acceptors (Lipinski definition) is 3. The van der Waals surface area contributed by atoms with Gasteiger partial charge in [0.1, 0.15) is 11.6 Å². The Bertz CT molecular complexity index is 1120. The zero-order valence-electron chi connectivity index (χ0n) is 15.1. The van der Waals surface area contributed by atoms with Gasteiger partial charge in [0.15, 0.2) is 0 Å². The lowest BCUT2D eigenvalue weighted by atomic mass is 9.97. The normalized spacial score (nSPS) is 17.1. The second-order valence-corrected chi connectivity index (χ2v) is 8.89. The Balaban J connectivity index is 1.53. The number of halogens is 4. The fourth-order valence-corrected chi connectivity index (χ4v) is 5.06. The summed E-state index contributed by atoms with van der Waals surface area (Å²) in [6.45, 7) is 0.283. The Labute approximate surface area is 164 Å². The monoisotopic (exact) mass is 427 g/mol. The van der Waals surface area contributed by atoms with Crippen LogP contribution < -0.4 is 0 Å². The highest BCUT2D eigenvalue weighted by molar-refractivity contribution is 7.89. The fraction of sp³-hybridized carbons (Fsp3) is 0.316. The molecule has 0 saturated carbocycles. The Morgan fingerprint density at radius 3 is 2.41 bits per heavy atom. The van der Waals surface area contributed by atoms with E-state index in [0.717, 1.165) is 27.2 Å². The molecule has 29 heavy (non-hydrogen) atoms. The average molecular weight is 427 g/mol. The fourth-order valence-electron chi connectivity index (χ4n) is 3.57. The standard InChI is InChI=1S/C19H17F4N3O2S/c20-15-6-5-13(11-14(15)19(21,22)23)29(27,28)26-9-7-12(8-10-26)18-24-16-3-1-2-4-17(16)25-18/h1-6,11-12H,7-10H2,(H,24,25). The summed E-state index contributed by atoms with van der Waals surface area (Å²) in [6.07, 6.45) is -4.01. The van der Waals surface area contributed by atoms with E-state index >= 15 is 0 Å². The van der Waals surface area contributed by atoms with Gasteiger partial charge in [0.2, 0.25) is 10.0 Å². The summed E-state index contributed by atoms with van der Waals surface area (Å²) in [7, 11) is -4.16. The third-order valence-electron chi connectivity index (χ3n) is 5.13. The van der Waals surface area contributed by atoms with E-state index in [1.165, 1.54) is 0 Å². The number of aromatic amines is 1. The van der Waals surface area contributed by atoms with Gasteiger partial charge in [0, 0.05) is 19.0 Å². The number of rotatable bonds is 3. The maximum Gasteiger partial charge on any atom is 0.419 e. The molecule has 154 valence electrons. The molecule has 1 saturated heterocycles. The first-order valence-electron chi connectivity index (χ1n) is 8.98. The van der Waals surface area contributed by atoms with Crippen LogP contribution in [0.5, 0.6) is 0 Å². The summed E-state index contributed by atoms with van der Waals surface area (Å²) in [5.74, 6) is -0.711. The van der Waals surface area contributed by atoms with Gasteiger partial charge in [-0.25, -0.2) is 17.8 Å². The minimum atomic E-state index is -4.97. The van der Waals surface area contributed by atoms with Crippen molar-refractivity contribution in [2.45, 2.75) is 29.8 Å². The van der Waals surface area contributed by atoms with Crippen molar-refractivity contribution in [3.05, 3.63) is 59.7 Å². The molecule has 1 aromatic heterocycles. The Kier molecular flexibility index (Phi) is 4.86. The van der Waals surface area contributed by atoms with Gasteiger partial charge >= 0.3 is 6.18 Å². The van der Waals surface area contributed by atoms with E-state index in [1.54, 1.807) is 0 Å². The molecule has 0 unspecified atom stereocenters. The van der Waals surface area contributed by atoms with Gasteiger partial charge in [-0.2, -0.15) is 17.5 Å². The SMILES string of the molecule is O=S(=O)(c1ccc(F)c(C(F)(F)F)c1)N1CCC(c2nc3ccccc3[nH]2)CC1. The van der Waals surface area contributed by atoms with E-state index in [-0.39, 0.29) is 19.0 Å². The first kappa shape index (κ1) is 19.8. The predicted octanol–water partition coefficient (Wildman–Crippen LogP) is 4.29. The van der Waals surface area contributed by atoms with Gasteiger partial charge in [-0.3, -0.25) is 0 Å². The molecule has 5 nitrogen and oxygen atoms in total. The van der Waals surface area contributed by atoms with E-state index < -0.39 is 32.5 Å². The van der Waals surface area contributed by atoms with E-state index in [0.29, 0.717) is 25.0 Å². The minimum absolute atomic E-state index is 0.0211. The van der Waals surface area contributed by atoms with E-state index in [1.807, 2.05) is 24.3 Å². The van der Waals surface area contributed by atoms with E-state index in [4.69, 9.17) is 0 Å². The van der Waals surface area contributed by atoms with Crippen molar-refractivity contribution >= 4 is 21.1 Å². The Morgan fingerprint density at radius 1 is 1.07 bits per heavy atom. The largest absolute Gasteiger partial charge is 0.419 e. The molecule has 1 aliphatic heterocycles. The number of imidazole rings is 1. The van der Waals surface area contributed by atoms with Crippen LogP contribution in [-0.4, -0.2) is 35.8 Å². The number of hydrogen-bond donors (Lipinski definition) is 1. The summed E-state index contributed by atoms with van der Waals surface area (Å²) >= 11 is 0. The third kappa shape index (κ3) is 3.74. The van der Waals surface area contributed by atoms with E-state index in [9.17, 15) is 26.0 Å². The minimum Gasteiger partial charge on any atom is -0.342 e. The lowest BCUT2D eigenvalue weighted by Crippen LogP contribution is -2.38. The summed E-state index contributed by atoms with van der Waals surface area (Å²) in [6, 6.07) is 9.30. The van der Waals surface area contributed by atoms with Crippen molar-refractivity contribution in [3.8, 4) is 0 Å². The van der Waals surface area contributed by atoms with Crippen LogP contribution in [0, 0.1) is 5.82 Å². The van der Waals surface area contributed by atoms with Crippen LogP contribution in [0.25, 0.3) is 11.0 Å². The molecule has 10 heteroatoms. The number of H-pyrrole nitrogens is 1. The van der Waals surface area contributed by atoms with Crippen molar-refractivity contribution in [1.29, 1.82) is 0 Å². The number of benzene rings is 2. The number of para-hydroxylation sites is 2. The molecule has 2 aromatic carbocycles. The van der Waals surface area contributed by atoms with Crippen LogP contribution in [0.1, 0.15) is 30.1 Å². The quantitative estimate of drug-likeness (QED) is 0.635. The van der Waals surface area contributed by atoms with Gasteiger partial charge in [0.25, 0.3) is 0 Å². The molecule has 4 rings (SSSR count). The van der Waals surface area contributed by atoms with Crippen molar-refractivity contribution in [1.82, 2.24) is 14.3 Å². The first-order valence-corrected chi connectivity index (χ1v) is 10.4. The van der Waals surface area contributed by atoms with Crippen LogP contribution in [0.4, 0.5) is 17.6 Å². The Morgan fingerprint density at radius 2 is 1.76 bits per heavy atom. The molecule has 2 heterocycles. The van der Waals surface area contributed by atoms with Crippen LogP contribution in [-0.2, 0) is 16.2 Å². The molecule has 0 amide bonds. The molecule has 0 bridgehead atoms. The molecule has 1 N–H and O–H groups in total. The van der Waals surface area contributed by atoms with Crippen molar-refractivity contribution in [2.75, 3.05) is 13.1 Å². The zero-order valence-corrected chi connectivity index (χ0v) is 15.9. The van der Waals surface area contributed by atoms with Crippen LogP contribution >= 0.6 is 0 Å². The summed E-state index contributed by atoms with van der Waals surface area (Å²) in [5.41, 5.74) is 0.128. The van der Waals surface area contributed by atoms with Gasteiger partial charge in [-0.05, 0) is 43.2 Å². The smallest absolute Gasteiger partial charge is 0.342 e. The number of piperidine rings is 1. The predicted molar refractivity (Wildman–Crippen MR) is 98.2 cm³/mol. The summed E-state index contributed by atoms with van der Waals surface area (Å²) in [4.78, 5) is 7.21. The zero-order chi connectivity index (χ0) is 20.8. The van der Waals surface area contributed by atoms with Crippen molar-refractivity contribution in [3.63, 3.8) is 0 Å². The molecular weight excluding hydrogens is 410 g/mol. The average Bonchev–Trinajstić information content (AvgIpc) is 3.11. The maximum atomic E-state index is 13.5. The lowest BCUT2D eigenvalue weighted by molar-refractivity contribution is -0.140. The van der Waals surface area contributed by atoms with Crippen molar-refractivity contribution in [2.24, 2.45) is 0 Å². The molecule has 0 atom stereocenters. The van der Waals surface area contributed by atoms with Crippen LogP contribution in [0.2, 0.25) is 0 Å². The molecule has 3 aromatic rings. The Hall–Kier alpha value is -2.46. The van der Waals surface area contributed by atoms with Crippen LogP contribution in [0.3, 0.4) is 0 Å². The number of nitrogens with one attached hydrogen (secondary N) is 1. The lowest BCUT2D eigenvalue weighted by Gasteiger charge is -2.30. The van der Waals surface area contributed by atoms with Crippen molar-refractivity contribution < 1.29 is 26.0 Å². The second-order valence-electron chi connectivity index (χ2n) is 6.96. The molecule has 0 aliphatic carbocycles. The van der Waals surface area contributed by atoms with Gasteiger partial charge < -0.3 is 4.98 Å². The highest BCUT2D eigenvalue weighted by Crippen LogP contribution is 2.35. The van der Waals surface area contributed by atoms with Gasteiger partial charge in [0.05, 0.1) is 21.5 Å². The molecule has 0 spiro atoms. The number of fused-ring (bicyclic) bond motifs is 1. The maximum absolute atomic E-state index is 13.5. The topological polar surface area (TPSA) is 66.1 Å². The number of alkyl halides is 3. The van der Waals surface area contributed by atoms with E-state index in [2.05, 4.69) is 9.97 Å². The van der Waals surface area contributed by atoms with Crippen LogP contribution in [0.15, 0.2) is 47.4 Å². The summed E-state index contributed by atoms with van der Waals surface area (Å²) in [5, 5.41) is 0. The third-order valence-corrected chi connectivity index (χ3v) is 7.02. The summed E-state index contributed by atoms with van der Waals surface area (Å²) < 4.78 is 79.0. The van der Waals surface area contributed by atoms with Gasteiger partial charge in [-0.1, -0.05) is 12.1 Å². The van der Waals surface area contributed by atoms with Gasteiger partial charge in [-0.15, -0.1) is 0 Å². The molecule has 1 aliphatic rings. The molecular formula is C19H17F4N3O2S.